The zero-order valence-electron chi connectivity index (χ0n) is 13.2. The molecule has 3 aromatic rings. The van der Waals surface area contributed by atoms with E-state index in [1.54, 1.807) is 0 Å². The molecule has 0 saturated carbocycles. The van der Waals surface area contributed by atoms with Crippen molar-refractivity contribution in [3.05, 3.63) is 60.7 Å². The quantitative estimate of drug-likeness (QED) is 0.643. The first-order valence-corrected chi connectivity index (χ1v) is 8.58. The first kappa shape index (κ1) is 16.3. The van der Waals surface area contributed by atoms with E-state index in [0.717, 1.165) is 28.6 Å². The van der Waals surface area contributed by atoms with E-state index in [-0.39, 0.29) is 0 Å². The molecule has 122 valence electrons. The summed E-state index contributed by atoms with van der Waals surface area (Å²) in [5, 5.41) is 9.06. The number of thioether (sulfide) groups is 1. The number of aliphatic carboxylic acids is 1. The monoisotopic (exact) mass is 339 g/mol. The fourth-order valence-corrected chi connectivity index (χ4v) is 3.14. The van der Waals surface area contributed by atoms with E-state index in [2.05, 4.69) is 4.98 Å². The van der Waals surface area contributed by atoms with E-state index in [1.807, 2.05) is 67.6 Å². The molecule has 1 heterocycles. The fourth-order valence-electron chi connectivity index (χ4n) is 2.36. The maximum Gasteiger partial charge on any atom is 0.317 e. The maximum atomic E-state index is 11.3. The van der Waals surface area contributed by atoms with Crippen molar-refractivity contribution in [3.8, 4) is 22.6 Å². The van der Waals surface area contributed by atoms with Crippen molar-refractivity contribution in [1.82, 2.24) is 4.98 Å². The van der Waals surface area contributed by atoms with Crippen molar-refractivity contribution in [2.75, 3.05) is 0 Å². The van der Waals surface area contributed by atoms with Crippen molar-refractivity contribution < 1.29 is 14.3 Å². The number of hydrogen-bond donors (Lipinski definition) is 1. The third kappa shape index (κ3) is 3.51. The molecule has 1 aromatic heterocycles. The van der Waals surface area contributed by atoms with Gasteiger partial charge >= 0.3 is 5.97 Å². The number of aromatic nitrogens is 1. The molecular weight excluding hydrogens is 322 g/mol. The molecule has 24 heavy (non-hydrogen) atoms. The predicted molar refractivity (Wildman–Crippen MR) is 94.9 cm³/mol. The summed E-state index contributed by atoms with van der Waals surface area (Å²) in [6.07, 6.45) is 0.504. The first-order valence-electron chi connectivity index (χ1n) is 7.70. The number of carbonyl (C=O) groups is 1. The molecular formula is C19H17NO3S. The van der Waals surface area contributed by atoms with Crippen LogP contribution >= 0.6 is 11.8 Å². The highest BCUT2D eigenvalue weighted by Gasteiger charge is 2.23. The lowest BCUT2D eigenvalue weighted by molar-refractivity contribution is -0.136. The summed E-state index contributed by atoms with van der Waals surface area (Å²) in [4.78, 5) is 15.8. The van der Waals surface area contributed by atoms with Gasteiger partial charge in [0.05, 0.1) is 0 Å². The Morgan fingerprint density at radius 3 is 2.21 bits per heavy atom. The van der Waals surface area contributed by atoms with Gasteiger partial charge < -0.3 is 9.52 Å². The van der Waals surface area contributed by atoms with Gasteiger partial charge in [-0.1, -0.05) is 79.3 Å². The van der Waals surface area contributed by atoms with Crippen LogP contribution in [0.2, 0.25) is 0 Å². The fraction of sp³-hybridized carbons (Fsp3) is 0.158. The molecule has 4 nitrogen and oxygen atoms in total. The van der Waals surface area contributed by atoms with E-state index < -0.39 is 11.2 Å². The molecule has 0 bridgehead atoms. The van der Waals surface area contributed by atoms with Gasteiger partial charge in [0.2, 0.25) is 0 Å². The summed E-state index contributed by atoms with van der Waals surface area (Å²) in [6.45, 7) is 1.84. The molecule has 0 aliphatic heterocycles. The number of rotatable bonds is 6. The van der Waals surface area contributed by atoms with Gasteiger partial charge in [-0.3, -0.25) is 4.79 Å². The van der Waals surface area contributed by atoms with Crippen LogP contribution < -0.4 is 0 Å². The normalized spacial score (nSPS) is 12.0. The largest absolute Gasteiger partial charge is 0.480 e. The Morgan fingerprint density at radius 1 is 1.08 bits per heavy atom. The molecule has 0 radical (unpaired) electrons. The van der Waals surface area contributed by atoms with Crippen LogP contribution in [0.25, 0.3) is 22.6 Å². The van der Waals surface area contributed by atoms with Gasteiger partial charge in [-0.05, 0) is 6.42 Å². The second kappa shape index (κ2) is 7.36. The van der Waals surface area contributed by atoms with Crippen molar-refractivity contribution in [1.29, 1.82) is 0 Å². The first-order chi connectivity index (χ1) is 11.7. The zero-order valence-corrected chi connectivity index (χ0v) is 14.0. The summed E-state index contributed by atoms with van der Waals surface area (Å²) < 4.78 is 5.93. The summed E-state index contributed by atoms with van der Waals surface area (Å²) in [5.41, 5.74) is 2.58. The van der Waals surface area contributed by atoms with Crippen LogP contribution in [0.15, 0.2) is 70.3 Å². The van der Waals surface area contributed by atoms with E-state index in [9.17, 15) is 9.90 Å². The van der Waals surface area contributed by atoms with Crippen LogP contribution in [0.3, 0.4) is 0 Å². The number of hydrogen-bond acceptors (Lipinski definition) is 4. The smallest absolute Gasteiger partial charge is 0.317 e. The number of oxazole rings is 1. The Kier molecular flexibility index (Phi) is 5.01. The molecule has 1 N–H and O–H groups in total. The van der Waals surface area contributed by atoms with Crippen LogP contribution in [0.5, 0.6) is 0 Å². The second-order valence-electron chi connectivity index (χ2n) is 5.24. The third-order valence-corrected chi connectivity index (χ3v) is 4.78. The predicted octanol–water partition coefficient (Wildman–Crippen LogP) is 4.96. The summed E-state index contributed by atoms with van der Waals surface area (Å²) in [7, 11) is 0. The molecule has 0 aliphatic rings. The molecule has 3 rings (SSSR count). The lowest BCUT2D eigenvalue weighted by Gasteiger charge is -2.04. The summed E-state index contributed by atoms with van der Waals surface area (Å²) >= 11 is 1.14. The minimum absolute atomic E-state index is 0.377. The minimum Gasteiger partial charge on any atom is -0.480 e. The number of nitrogens with zero attached hydrogens (tertiary/aromatic N) is 1. The van der Waals surface area contributed by atoms with Crippen LogP contribution in [-0.4, -0.2) is 21.3 Å². The third-order valence-electron chi connectivity index (χ3n) is 3.58. The summed E-state index contributed by atoms with van der Waals surface area (Å²) in [5.74, 6) is -0.201. The van der Waals surface area contributed by atoms with Crippen molar-refractivity contribution in [2.24, 2.45) is 0 Å². The number of benzene rings is 2. The minimum atomic E-state index is -0.858. The number of carboxylic acids is 1. The van der Waals surface area contributed by atoms with Crippen molar-refractivity contribution in [3.63, 3.8) is 0 Å². The molecule has 2 aromatic carbocycles. The molecule has 1 unspecified atom stereocenters. The molecule has 1 atom stereocenters. The van der Waals surface area contributed by atoms with Crippen molar-refractivity contribution in [2.45, 2.75) is 23.8 Å². The van der Waals surface area contributed by atoms with Crippen LogP contribution in [-0.2, 0) is 4.79 Å². The van der Waals surface area contributed by atoms with Gasteiger partial charge in [-0.2, -0.15) is 0 Å². The average Bonchev–Trinajstić information content (AvgIpc) is 3.05. The highest BCUT2D eigenvalue weighted by atomic mass is 32.2. The Hall–Kier alpha value is -2.53. The highest BCUT2D eigenvalue weighted by molar-refractivity contribution is 8.00. The van der Waals surface area contributed by atoms with Gasteiger partial charge in [0.1, 0.15) is 10.9 Å². The second-order valence-corrected chi connectivity index (χ2v) is 6.40. The molecule has 0 saturated heterocycles. The van der Waals surface area contributed by atoms with Crippen molar-refractivity contribution >= 4 is 17.7 Å². The lowest BCUT2D eigenvalue weighted by Crippen LogP contribution is -2.14. The molecule has 5 heteroatoms. The van der Waals surface area contributed by atoms with Gasteiger partial charge in [0.25, 0.3) is 5.22 Å². The lowest BCUT2D eigenvalue weighted by atomic mass is 10.1. The molecule has 0 aliphatic carbocycles. The van der Waals surface area contributed by atoms with E-state index in [0.29, 0.717) is 17.4 Å². The molecule has 0 spiro atoms. The van der Waals surface area contributed by atoms with Crippen LogP contribution in [0.1, 0.15) is 13.3 Å². The highest BCUT2D eigenvalue weighted by Crippen LogP contribution is 2.37. The Morgan fingerprint density at radius 2 is 1.67 bits per heavy atom. The zero-order chi connectivity index (χ0) is 16.9. The van der Waals surface area contributed by atoms with Gasteiger partial charge in [-0.25, -0.2) is 4.98 Å². The average molecular weight is 339 g/mol. The maximum absolute atomic E-state index is 11.3. The topological polar surface area (TPSA) is 63.3 Å². The molecule has 0 amide bonds. The summed E-state index contributed by atoms with van der Waals surface area (Å²) in [6, 6.07) is 19.5. The van der Waals surface area contributed by atoms with Crippen LogP contribution in [0.4, 0.5) is 0 Å². The van der Waals surface area contributed by atoms with Gasteiger partial charge in [0, 0.05) is 11.1 Å². The van der Waals surface area contributed by atoms with E-state index in [1.165, 1.54) is 0 Å². The van der Waals surface area contributed by atoms with E-state index >= 15 is 0 Å². The number of carboxylic acid groups (broad SMARTS) is 1. The Bertz CT molecular complexity index is 758. The van der Waals surface area contributed by atoms with Gasteiger partial charge in [-0.15, -0.1) is 0 Å². The Labute approximate surface area is 144 Å². The van der Waals surface area contributed by atoms with Crippen LogP contribution in [0, 0.1) is 0 Å². The van der Waals surface area contributed by atoms with E-state index in [4.69, 9.17) is 4.42 Å². The Balaban J connectivity index is 2.05. The van der Waals surface area contributed by atoms with Gasteiger partial charge in [0.15, 0.2) is 5.76 Å². The standard InChI is InChI=1S/C19H17NO3S/c1-2-15(18(21)22)24-19-20-16(13-9-5-3-6-10-13)17(23-19)14-11-7-4-8-12-14/h3-12,15H,2H2,1H3,(H,21,22). The molecule has 0 fully saturated rings. The SMILES string of the molecule is CCC(Sc1nc(-c2ccccc2)c(-c2ccccc2)o1)C(=O)O.